The Balaban J connectivity index is 1.60. The summed E-state index contributed by atoms with van der Waals surface area (Å²) >= 11 is 11.9. The summed E-state index contributed by atoms with van der Waals surface area (Å²) in [6, 6.07) is 14.5. The van der Waals surface area contributed by atoms with Crippen LogP contribution in [0.4, 0.5) is 0 Å². The average Bonchev–Trinajstić information content (AvgIpc) is 3.02. The van der Waals surface area contributed by atoms with Crippen LogP contribution in [0.15, 0.2) is 66.0 Å². The van der Waals surface area contributed by atoms with Crippen LogP contribution >= 0.6 is 23.2 Å². The first-order valence-corrected chi connectivity index (χ1v) is 8.22. The minimum Gasteiger partial charge on any atom is -0.267 e. The zero-order chi connectivity index (χ0) is 17.6. The molecule has 0 radical (unpaired) electrons. The molecular formula is C18H14Cl2N4O. The zero-order valence-electron chi connectivity index (χ0n) is 13.1. The molecule has 1 aromatic heterocycles. The fraction of sp³-hybridized carbons (Fsp3) is 0.0556. The van der Waals surface area contributed by atoms with Crippen LogP contribution in [0.3, 0.4) is 0 Å². The minimum absolute atomic E-state index is 0.294. The number of aromatic nitrogens is 2. The lowest BCUT2D eigenvalue weighted by atomic mass is 10.1. The third kappa shape index (κ3) is 4.68. The summed E-state index contributed by atoms with van der Waals surface area (Å²) in [5.41, 5.74) is 4.74. The van der Waals surface area contributed by atoms with E-state index in [2.05, 4.69) is 15.6 Å². The van der Waals surface area contributed by atoms with Gasteiger partial charge in [0.2, 0.25) is 0 Å². The number of nitrogens with one attached hydrogen (secondary N) is 1. The quantitative estimate of drug-likeness (QED) is 0.543. The number of rotatable bonds is 5. The Morgan fingerprint density at radius 2 is 1.92 bits per heavy atom. The maximum absolute atomic E-state index is 12.1. The van der Waals surface area contributed by atoms with Crippen molar-refractivity contribution in [3.05, 3.63) is 87.7 Å². The third-order valence-corrected chi connectivity index (χ3v) is 3.98. The van der Waals surface area contributed by atoms with Crippen molar-refractivity contribution >= 4 is 35.3 Å². The maximum Gasteiger partial charge on any atom is 0.271 e. The topological polar surface area (TPSA) is 59.3 Å². The van der Waals surface area contributed by atoms with E-state index in [9.17, 15) is 4.79 Å². The second kappa shape index (κ2) is 7.96. The van der Waals surface area contributed by atoms with Gasteiger partial charge in [-0.3, -0.25) is 9.48 Å². The molecule has 1 heterocycles. The Labute approximate surface area is 154 Å². The molecule has 1 N–H and O–H groups in total. The van der Waals surface area contributed by atoms with Gasteiger partial charge in [-0.25, -0.2) is 5.43 Å². The summed E-state index contributed by atoms with van der Waals surface area (Å²) < 4.78 is 1.73. The summed E-state index contributed by atoms with van der Waals surface area (Å²) in [6.45, 7) is 0.583. The predicted molar refractivity (Wildman–Crippen MR) is 99.3 cm³/mol. The van der Waals surface area contributed by atoms with E-state index in [0.29, 0.717) is 22.2 Å². The van der Waals surface area contributed by atoms with Gasteiger partial charge in [0.05, 0.1) is 24.0 Å². The van der Waals surface area contributed by atoms with Gasteiger partial charge in [0.1, 0.15) is 0 Å². The molecule has 0 unspecified atom stereocenters. The summed E-state index contributed by atoms with van der Waals surface area (Å²) in [5, 5.41) is 9.22. The first-order valence-electron chi connectivity index (χ1n) is 7.46. The number of halogens is 2. The molecule has 0 aliphatic heterocycles. The highest BCUT2D eigenvalue weighted by molar-refractivity contribution is 6.33. The van der Waals surface area contributed by atoms with Gasteiger partial charge in [-0.1, -0.05) is 53.5 Å². The Morgan fingerprint density at radius 1 is 1.16 bits per heavy atom. The van der Waals surface area contributed by atoms with E-state index in [1.54, 1.807) is 35.3 Å². The van der Waals surface area contributed by atoms with Crippen LogP contribution in [0.1, 0.15) is 21.5 Å². The Bertz CT molecular complexity index is 903. The van der Waals surface area contributed by atoms with Crippen LogP contribution in [0.2, 0.25) is 10.0 Å². The molecule has 126 valence electrons. The number of hydrogen-bond acceptors (Lipinski definition) is 3. The van der Waals surface area contributed by atoms with E-state index >= 15 is 0 Å². The standard InChI is InChI=1S/C18H14Cl2N4O/c19-16-10-22-24(12-16)11-13-5-7-14(8-6-13)18(25)23-21-9-15-3-1-2-4-17(15)20/h1-10,12H,11H2,(H,23,25)/b21-9+. The molecule has 0 fully saturated rings. The number of benzene rings is 2. The largest absolute Gasteiger partial charge is 0.271 e. The van der Waals surface area contributed by atoms with Crippen molar-refractivity contribution in [2.75, 3.05) is 0 Å². The second-order valence-corrected chi connectivity index (χ2v) is 6.12. The van der Waals surface area contributed by atoms with Gasteiger partial charge in [0.25, 0.3) is 5.91 Å². The van der Waals surface area contributed by atoms with E-state index in [1.165, 1.54) is 6.21 Å². The molecule has 0 atom stereocenters. The van der Waals surface area contributed by atoms with E-state index in [-0.39, 0.29) is 5.91 Å². The molecule has 3 rings (SSSR count). The van der Waals surface area contributed by atoms with Crippen molar-refractivity contribution in [2.24, 2.45) is 5.10 Å². The molecule has 0 spiro atoms. The lowest BCUT2D eigenvalue weighted by Crippen LogP contribution is -2.17. The van der Waals surface area contributed by atoms with E-state index in [4.69, 9.17) is 23.2 Å². The van der Waals surface area contributed by atoms with Crippen molar-refractivity contribution in [1.29, 1.82) is 0 Å². The molecule has 0 aliphatic rings. The van der Waals surface area contributed by atoms with Gasteiger partial charge in [-0.05, 0) is 23.8 Å². The zero-order valence-corrected chi connectivity index (χ0v) is 14.6. The molecule has 0 bridgehead atoms. The number of carbonyl (C=O) groups is 1. The molecule has 0 aliphatic carbocycles. The minimum atomic E-state index is -0.294. The normalized spacial score (nSPS) is 11.0. The van der Waals surface area contributed by atoms with Gasteiger partial charge in [0, 0.05) is 22.3 Å². The SMILES string of the molecule is O=C(N/N=C/c1ccccc1Cl)c1ccc(Cn2cc(Cl)cn2)cc1. The van der Waals surface area contributed by atoms with Crippen LogP contribution in [0.25, 0.3) is 0 Å². The highest BCUT2D eigenvalue weighted by atomic mass is 35.5. The number of carbonyl (C=O) groups excluding carboxylic acids is 1. The third-order valence-electron chi connectivity index (χ3n) is 3.44. The first kappa shape index (κ1) is 17.2. The Kier molecular flexibility index (Phi) is 5.48. The molecule has 0 saturated carbocycles. The molecule has 5 nitrogen and oxygen atoms in total. The van der Waals surface area contributed by atoms with Crippen molar-refractivity contribution in [2.45, 2.75) is 6.54 Å². The molecule has 7 heteroatoms. The second-order valence-electron chi connectivity index (χ2n) is 5.27. The summed E-state index contributed by atoms with van der Waals surface area (Å²) in [5.74, 6) is -0.294. The monoisotopic (exact) mass is 372 g/mol. The van der Waals surface area contributed by atoms with E-state index in [1.807, 2.05) is 30.3 Å². The number of hydrogen-bond donors (Lipinski definition) is 1. The Hall–Kier alpha value is -2.63. The van der Waals surface area contributed by atoms with Gasteiger partial charge >= 0.3 is 0 Å². The van der Waals surface area contributed by atoms with Crippen LogP contribution in [0.5, 0.6) is 0 Å². The number of nitrogens with zero attached hydrogens (tertiary/aromatic N) is 3. The number of hydrazone groups is 1. The molecule has 2 aromatic carbocycles. The first-order chi connectivity index (χ1) is 12.1. The van der Waals surface area contributed by atoms with Crippen LogP contribution in [-0.2, 0) is 6.54 Å². The fourth-order valence-corrected chi connectivity index (χ4v) is 2.52. The fourth-order valence-electron chi connectivity index (χ4n) is 2.18. The van der Waals surface area contributed by atoms with Crippen molar-refractivity contribution in [3.63, 3.8) is 0 Å². The van der Waals surface area contributed by atoms with Crippen molar-refractivity contribution in [3.8, 4) is 0 Å². The van der Waals surface area contributed by atoms with Crippen LogP contribution in [0, 0.1) is 0 Å². The Morgan fingerprint density at radius 3 is 2.60 bits per heavy atom. The molecule has 1 amide bonds. The summed E-state index contributed by atoms with van der Waals surface area (Å²) in [6.07, 6.45) is 4.84. The lowest BCUT2D eigenvalue weighted by Gasteiger charge is -2.04. The lowest BCUT2D eigenvalue weighted by molar-refractivity contribution is 0.0955. The molecular weight excluding hydrogens is 359 g/mol. The van der Waals surface area contributed by atoms with Gasteiger partial charge in [-0.15, -0.1) is 0 Å². The van der Waals surface area contributed by atoms with E-state index in [0.717, 1.165) is 11.1 Å². The smallest absolute Gasteiger partial charge is 0.267 e. The molecule has 3 aromatic rings. The van der Waals surface area contributed by atoms with Crippen molar-refractivity contribution in [1.82, 2.24) is 15.2 Å². The van der Waals surface area contributed by atoms with E-state index < -0.39 is 0 Å². The van der Waals surface area contributed by atoms with Crippen LogP contribution in [-0.4, -0.2) is 21.9 Å². The maximum atomic E-state index is 12.1. The van der Waals surface area contributed by atoms with Gasteiger partial charge < -0.3 is 0 Å². The average molecular weight is 373 g/mol. The molecule has 25 heavy (non-hydrogen) atoms. The molecule has 0 saturated heterocycles. The highest BCUT2D eigenvalue weighted by Gasteiger charge is 2.05. The van der Waals surface area contributed by atoms with Crippen LogP contribution < -0.4 is 5.43 Å². The van der Waals surface area contributed by atoms with Gasteiger partial charge in [0.15, 0.2) is 0 Å². The van der Waals surface area contributed by atoms with Gasteiger partial charge in [-0.2, -0.15) is 10.2 Å². The predicted octanol–water partition coefficient (Wildman–Crippen LogP) is 4.00. The summed E-state index contributed by atoms with van der Waals surface area (Å²) in [4.78, 5) is 12.1. The number of amides is 1. The van der Waals surface area contributed by atoms with Crippen molar-refractivity contribution < 1.29 is 4.79 Å². The highest BCUT2D eigenvalue weighted by Crippen LogP contribution is 2.12. The summed E-state index contributed by atoms with van der Waals surface area (Å²) in [7, 11) is 0.